The highest BCUT2D eigenvalue weighted by Crippen LogP contribution is 2.22. The number of aromatic nitrogens is 2. The minimum absolute atomic E-state index is 0.0206. The molecule has 0 radical (unpaired) electrons. The van der Waals surface area contributed by atoms with Crippen molar-refractivity contribution in [2.24, 2.45) is 0 Å². The van der Waals surface area contributed by atoms with Gasteiger partial charge in [0.2, 0.25) is 15.9 Å². The molecule has 3 heterocycles. The topological polar surface area (TPSA) is 75.5 Å². The molecule has 0 N–H and O–H groups in total. The zero-order valence-electron chi connectivity index (χ0n) is 12.8. The number of hydrogen-bond acceptors (Lipinski definition) is 4. The van der Waals surface area contributed by atoms with Crippen molar-refractivity contribution in [2.45, 2.75) is 32.2 Å². The Morgan fingerprint density at radius 1 is 1.36 bits per heavy atom. The van der Waals surface area contributed by atoms with Gasteiger partial charge in [0.1, 0.15) is 0 Å². The zero-order valence-corrected chi connectivity index (χ0v) is 13.6. The quantitative estimate of drug-likeness (QED) is 0.805. The van der Waals surface area contributed by atoms with Crippen molar-refractivity contribution in [2.75, 3.05) is 31.9 Å². The van der Waals surface area contributed by atoms with Gasteiger partial charge < -0.3 is 4.90 Å². The van der Waals surface area contributed by atoms with Crippen LogP contribution in [0.4, 0.5) is 0 Å². The molecule has 1 aromatic rings. The average molecular weight is 326 g/mol. The van der Waals surface area contributed by atoms with E-state index in [-0.39, 0.29) is 24.2 Å². The molecule has 0 spiro atoms. The van der Waals surface area contributed by atoms with Crippen LogP contribution in [-0.2, 0) is 14.8 Å². The third-order valence-corrected chi connectivity index (χ3v) is 6.27. The molecule has 1 unspecified atom stereocenters. The highest BCUT2D eigenvalue weighted by molar-refractivity contribution is 7.89. The Morgan fingerprint density at radius 3 is 2.82 bits per heavy atom. The summed E-state index contributed by atoms with van der Waals surface area (Å²) in [6.07, 6.45) is 6.33. The number of carbonyl (C=O) groups is 1. The number of rotatable bonds is 3. The van der Waals surface area contributed by atoms with Gasteiger partial charge in [0.15, 0.2) is 0 Å². The van der Waals surface area contributed by atoms with Crippen molar-refractivity contribution in [1.82, 2.24) is 19.0 Å². The second-order valence-electron chi connectivity index (χ2n) is 6.14. The van der Waals surface area contributed by atoms with Crippen molar-refractivity contribution in [3.63, 3.8) is 0 Å². The summed E-state index contributed by atoms with van der Waals surface area (Å²) in [4.78, 5) is 14.2. The summed E-state index contributed by atoms with van der Waals surface area (Å²) >= 11 is 0. The van der Waals surface area contributed by atoms with Gasteiger partial charge in [-0.2, -0.15) is 9.40 Å². The molecule has 2 fully saturated rings. The Labute approximate surface area is 130 Å². The number of likely N-dealkylation sites (tertiary alicyclic amines) is 1. The molecule has 0 aliphatic carbocycles. The van der Waals surface area contributed by atoms with Gasteiger partial charge >= 0.3 is 0 Å². The molecule has 0 saturated carbocycles. The van der Waals surface area contributed by atoms with Gasteiger partial charge in [0.25, 0.3) is 0 Å². The number of hydrogen-bond donors (Lipinski definition) is 0. The molecule has 0 bridgehead atoms. The first-order valence-electron chi connectivity index (χ1n) is 7.72. The van der Waals surface area contributed by atoms with E-state index in [2.05, 4.69) is 5.10 Å². The van der Waals surface area contributed by atoms with E-state index < -0.39 is 10.0 Å². The minimum Gasteiger partial charge on any atom is -0.339 e. The summed E-state index contributed by atoms with van der Waals surface area (Å²) in [5.41, 5.74) is 1.10. The molecule has 2 saturated heterocycles. The largest absolute Gasteiger partial charge is 0.339 e. The van der Waals surface area contributed by atoms with Crippen LogP contribution >= 0.6 is 0 Å². The van der Waals surface area contributed by atoms with E-state index in [0.29, 0.717) is 26.1 Å². The molecule has 0 aromatic carbocycles. The predicted molar refractivity (Wildman–Crippen MR) is 81.8 cm³/mol. The maximum absolute atomic E-state index is 12.4. The van der Waals surface area contributed by atoms with Crippen LogP contribution in [-0.4, -0.2) is 65.2 Å². The van der Waals surface area contributed by atoms with Gasteiger partial charge in [-0.3, -0.25) is 9.48 Å². The first-order chi connectivity index (χ1) is 10.5. The Hall–Kier alpha value is -1.41. The Morgan fingerprint density at radius 2 is 2.18 bits per heavy atom. The fraction of sp³-hybridized carbons (Fsp3) is 0.714. The lowest BCUT2D eigenvalue weighted by Crippen LogP contribution is -2.46. The zero-order chi connectivity index (χ0) is 15.7. The molecule has 3 rings (SSSR count). The fourth-order valence-corrected chi connectivity index (χ4v) is 4.62. The summed E-state index contributed by atoms with van der Waals surface area (Å²) in [6.45, 7) is 3.74. The summed E-state index contributed by atoms with van der Waals surface area (Å²) < 4.78 is 26.9. The third kappa shape index (κ3) is 3.17. The highest BCUT2D eigenvalue weighted by atomic mass is 32.2. The molecule has 7 nitrogen and oxygen atoms in total. The third-order valence-electron chi connectivity index (χ3n) is 4.37. The maximum Gasteiger partial charge on any atom is 0.237 e. The van der Waals surface area contributed by atoms with E-state index in [1.165, 1.54) is 4.31 Å². The molecule has 22 heavy (non-hydrogen) atoms. The lowest BCUT2D eigenvalue weighted by Gasteiger charge is -2.33. The SMILES string of the molecule is Cc1cnn(C2CCCN(C(=O)CN3CCCS3(=O)=O)C2)c1. The van der Waals surface area contributed by atoms with Gasteiger partial charge in [-0.15, -0.1) is 0 Å². The van der Waals surface area contributed by atoms with Crippen molar-refractivity contribution in [1.29, 1.82) is 0 Å². The Kier molecular flexibility index (Phi) is 4.22. The van der Waals surface area contributed by atoms with Gasteiger partial charge in [-0.1, -0.05) is 0 Å². The first-order valence-corrected chi connectivity index (χ1v) is 9.33. The van der Waals surface area contributed by atoms with E-state index in [1.807, 2.05) is 24.0 Å². The van der Waals surface area contributed by atoms with Gasteiger partial charge in [-0.25, -0.2) is 8.42 Å². The molecule has 122 valence electrons. The van der Waals surface area contributed by atoms with Gasteiger partial charge in [0, 0.05) is 25.8 Å². The smallest absolute Gasteiger partial charge is 0.237 e. The molecule has 1 atom stereocenters. The predicted octanol–water partition coefficient (Wildman–Crippen LogP) is 0.391. The standard InChI is InChI=1S/C14H22N4O3S/c1-12-8-15-18(9-12)13-4-2-5-16(10-13)14(19)11-17-6-3-7-22(17,20)21/h8-9,13H,2-7,10-11H2,1H3. The summed E-state index contributed by atoms with van der Waals surface area (Å²) in [5.74, 6) is 0.0641. The Balaban J connectivity index is 1.63. The normalized spacial score (nSPS) is 25.5. The van der Waals surface area contributed by atoms with Crippen LogP contribution in [0.25, 0.3) is 0 Å². The van der Waals surface area contributed by atoms with E-state index in [9.17, 15) is 13.2 Å². The van der Waals surface area contributed by atoms with E-state index in [1.54, 1.807) is 4.90 Å². The summed E-state index contributed by atoms with van der Waals surface area (Å²) in [7, 11) is -3.21. The second-order valence-corrected chi connectivity index (χ2v) is 8.23. The number of carbonyl (C=O) groups excluding carboxylic acids is 1. The van der Waals surface area contributed by atoms with Crippen LogP contribution in [0.1, 0.15) is 30.9 Å². The second kappa shape index (κ2) is 6.00. The lowest BCUT2D eigenvalue weighted by molar-refractivity contribution is -0.133. The highest BCUT2D eigenvalue weighted by Gasteiger charge is 2.32. The van der Waals surface area contributed by atoms with Crippen molar-refractivity contribution in [3.05, 3.63) is 18.0 Å². The number of amides is 1. The molecule has 2 aliphatic heterocycles. The van der Waals surface area contributed by atoms with Gasteiger partial charge in [-0.05, 0) is 31.7 Å². The first kappa shape index (κ1) is 15.5. The number of sulfonamides is 1. The van der Waals surface area contributed by atoms with Crippen LogP contribution in [0.15, 0.2) is 12.4 Å². The summed E-state index contributed by atoms with van der Waals surface area (Å²) in [5, 5.41) is 4.33. The lowest BCUT2D eigenvalue weighted by atomic mass is 10.1. The van der Waals surface area contributed by atoms with Crippen molar-refractivity contribution < 1.29 is 13.2 Å². The average Bonchev–Trinajstić information content (AvgIpc) is 3.05. The van der Waals surface area contributed by atoms with Crippen molar-refractivity contribution >= 4 is 15.9 Å². The molecule has 1 aromatic heterocycles. The van der Waals surface area contributed by atoms with E-state index >= 15 is 0 Å². The molecule has 2 aliphatic rings. The number of aryl methyl sites for hydroxylation is 1. The van der Waals surface area contributed by atoms with Crippen LogP contribution in [0.3, 0.4) is 0 Å². The van der Waals surface area contributed by atoms with Crippen LogP contribution in [0.5, 0.6) is 0 Å². The summed E-state index contributed by atoms with van der Waals surface area (Å²) in [6, 6.07) is 0.182. The molecule has 1 amide bonds. The van der Waals surface area contributed by atoms with Gasteiger partial charge in [0.05, 0.1) is 24.5 Å². The molecular formula is C14H22N4O3S. The Bertz CT molecular complexity index is 655. The molecular weight excluding hydrogens is 304 g/mol. The van der Waals surface area contributed by atoms with Crippen LogP contribution < -0.4 is 0 Å². The van der Waals surface area contributed by atoms with Crippen molar-refractivity contribution in [3.8, 4) is 0 Å². The fourth-order valence-electron chi connectivity index (χ4n) is 3.15. The van der Waals surface area contributed by atoms with E-state index in [4.69, 9.17) is 0 Å². The number of nitrogens with zero attached hydrogens (tertiary/aromatic N) is 4. The maximum atomic E-state index is 12.4. The molecule has 8 heteroatoms. The minimum atomic E-state index is -3.21. The van der Waals surface area contributed by atoms with Crippen LogP contribution in [0, 0.1) is 6.92 Å². The number of piperidine rings is 1. The monoisotopic (exact) mass is 326 g/mol. The van der Waals surface area contributed by atoms with Crippen LogP contribution in [0.2, 0.25) is 0 Å². The van der Waals surface area contributed by atoms with E-state index in [0.717, 1.165) is 18.4 Å².